The Hall–Kier alpha value is -3.39. The number of aromatic nitrogens is 1. The van der Waals surface area contributed by atoms with Crippen LogP contribution in [0.15, 0.2) is 54.6 Å². The number of rotatable bonds is 6. The van der Waals surface area contributed by atoms with Crippen molar-refractivity contribution in [1.29, 1.82) is 0 Å². The van der Waals surface area contributed by atoms with Gasteiger partial charge in [-0.3, -0.25) is 0 Å². The van der Waals surface area contributed by atoms with E-state index in [1.54, 1.807) is 12.1 Å². The average Bonchev–Trinajstić information content (AvgIpc) is 2.83. The molecular weight excluding hydrogens is 486 g/mol. The predicted octanol–water partition coefficient (Wildman–Crippen LogP) is 7.65. The molecule has 35 heavy (non-hydrogen) atoms. The van der Waals surface area contributed by atoms with Crippen LogP contribution in [-0.2, 0) is 12.8 Å². The molecule has 0 unspecified atom stereocenters. The fraction of sp³-hybridized carbons (Fsp3) is 0.231. The van der Waals surface area contributed by atoms with Crippen molar-refractivity contribution >= 4 is 28.7 Å². The third-order valence-electron chi connectivity index (χ3n) is 5.78. The molecule has 182 valence electrons. The number of carbonyl (C=O) groups is 1. The highest BCUT2D eigenvalue weighted by atomic mass is 35.5. The number of nitrogens with zero attached hydrogens (tertiary/aromatic N) is 1. The van der Waals surface area contributed by atoms with Gasteiger partial charge in [0.05, 0.1) is 16.3 Å². The molecule has 1 N–H and O–H groups in total. The molecule has 0 bridgehead atoms. The second kappa shape index (κ2) is 10.1. The van der Waals surface area contributed by atoms with E-state index in [-0.39, 0.29) is 28.6 Å². The molecule has 4 nitrogen and oxygen atoms in total. The first-order valence-electron chi connectivity index (χ1n) is 10.8. The molecule has 0 saturated heterocycles. The molecule has 1 heterocycles. The van der Waals surface area contributed by atoms with Crippen molar-refractivity contribution in [2.24, 2.45) is 0 Å². The van der Waals surface area contributed by atoms with Crippen LogP contribution in [0, 0.1) is 5.82 Å². The second-order valence-corrected chi connectivity index (χ2v) is 8.52. The third kappa shape index (κ3) is 5.65. The summed E-state index contributed by atoms with van der Waals surface area (Å²) >= 11 is 6.08. The number of carboxylic acid groups (broad SMARTS) is 1. The number of hydrogen-bond acceptors (Lipinski definition) is 3. The molecule has 2 aromatic carbocycles. The number of carboxylic acids is 1. The van der Waals surface area contributed by atoms with Gasteiger partial charge in [0.25, 0.3) is 0 Å². The van der Waals surface area contributed by atoms with Crippen LogP contribution in [0.3, 0.4) is 0 Å². The van der Waals surface area contributed by atoms with E-state index in [0.29, 0.717) is 35.2 Å². The number of pyridine rings is 1. The van der Waals surface area contributed by atoms with Gasteiger partial charge in [-0.25, -0.2) is 14.2 Å². The Labute approximate surface area is 203 Å². The molecule has 0 fully saturated rings. The molecule has 3 aromatic rings. The first-order chi connectivity index (χ1) is 16.6. The highest BCUT2D eigenvalue weighted by Gasteiger charge is 2.32. The van der Waals surface area contributed by atoms with Gasteiger partial charge in [-0.1, -0.05) is 23.7 Å². The van der Waals surface area contributed by atoms with Gasteiger partial charge < -0.3 is 9.84 Å². The van der Waals surface area contributed by atoms with Crippen LogP contribution in [-0.4, -0.2) is 16.1 Å². The molecule has 1 aliphatic carbocycles. The Morgan fingerprint density at radius 1 is 1.03 bits per heavy atom. The molecule has 0 radical (unpaired) electrons. The fourth-order valence-corrected chi connectivity index (χ4v) is 4.29. The van der Waals surface area contributed by atoms with Crippen molar-refractivity contribution in [3.8, 4) is 5.75 Å². The maximum absolute atomic E-state index is 13.6. The van der Waals surface area contributed by atoms with Gasteiger partial charge in [0.15, 0.2) is 0 Å². The summed E-state index contributed by atoms with van der Waals surface area (Å²) in [6.45, 7) is -0.0765. The monoisotopic (exact) mass is 505 g/mol. The van der Waals surface area contributed by atoms with E-state index in [1.165, 1.54) is 24.3 Å². The summed E-state index contributed by atoms with van der Waals surface area (Å²) in [5.74, 6) is -1.49. The van der Waals surface area contributed by atoms with Gasteiger partial charge in [0.2, 0.25) is 0 Å². The second-order valence-electron chi connectivity index (χ2n) is 8.11. The highest BCUT2D eigenvalue weighted by Crippen LogP contribution is 2.43. The van der Waals surface area contributed by atoms with Crippen molar-refractivity contribution in [1.82, 2.24) is 4.98 Å². The van der Waals surface area contributed by atoms with Crippen molar-refractivity contribution < 1.29 is 32.2 Å². The third-order valence-corrected chi connectivity index (χ3v) is 6.13. The molecule has 4 rings (SSSR count). The van der Waals surface area contributed by atoms with E-state index < -0.39 is 23.5 Å². The van der Waals surface area contributed by atoms with Crippen molar-refractivity contribution in [2.75, 3.05) is 0 Å². The Morgan fingerprint density at radius 3 is 2.46 bits per heavy atom. The van der Waals surface area contributed by atoms with Gasteiger partial charge in [-0.05, 0) is 79.3 Å². The van der Waals surface area contributed by atoms with E-state index in [4.69, 9.17) is 16.3 Å². The van der Waals surface area contributed by atoms with E-state index in [9.17, 15) is 27.5 Å². The van der Waals surface area contributed by atoms with Gasteiger partial charge in [-0.2, -0.15) is 13.2 Å². The lowest BCUT2D eigenvalue weighted by Crippen LogP contribution is -2.09. The van der Waals surface area contributed by atoms with Crippen LogP contribution in [0.25, 0.3) is 11.1 Å². The van der Waals surface area contributed by atoms with Gasteiger partial charge >= 0.3 is 12.1 Å². The van der Waals surface area contributed by atoms with Crippen LogP contribution in [0.5, 0.6) is 5.75 Å². The fourth-order valence-electron chi connectivity index (χ4n) is 4.07. The summed E-state index contributed by atoms with van der Waals surface area (Å²) in [7, 11) is 0. The maximum Gasteiger partial charge on any atom is 0.416 e. The maximum atomic E-state index is 13.6. The van der Waals surface area contributed by atoms with Gasteiger partial charge in [-0.15, -0.1) is 0 Å². The molecule has 0 saturated carbocycles. The first kappa shape index (κ1) is 24.7. The largest absolute Gasteiger partial charge is 0.488 e. The number of allylic oxidation sites excluding steroid dienone is 2. The van der Waals surface area contributed by atoms with E-state index in [2.05, 4.69) is 4.98 Å². The Kier molecular flexibility index (Phi) is 7.12. The highest BCUT2D eigenvalue weighted by molar-refractivity contribution is 6.31. The number of halogens is 5. The molecule has 0 aliphatic heterocycles. The lowest BCUT2D eigenvalue weighted by atomic mass is 9.84. The van der Waals surface area contributed by atoms with Gasteiger partial charge in [0.1, 0.15) is 23.9 Å². The molecule has 9 heteroatoms. The van der Waals surface area contributed by atoms with Crippen molar-refractivity contribution in [3.63, 3.8) is 0 Å². The smallest absolute Gasteiger partial charge is 0.416 e. The van der Waals surface area contributed by atoms with E-state index >= 15 is 0 Å². The summed E-state index contributed by atoms with van der Waals surface area (Å²) in [5, 5.41) is 9.46. The standard InChI is InChI=1S/C26H20ClF4NO3/c27-21-13-17(28)10-8-15(21)14-35-24-11-9-16(26(29,30)31)12-20(24)18-4-1-2-5-19(18)22-6-3-7-23(32-22)25(33)34/h3,6-13H,1-2,4-5,14H2,(H,33,34). The molecule has 1 aliphatic rings. The summed E-state index contributed by atoms with van der Waals surface area (Å²) < 4.78 is 60.0. The zero-order valence-electron chi connectivity index (χ0n) is 18.3. The summed E-state index contributed by atoms with van der Waals surface area (Å²) in [6.07, 6.45) is -2.02. The topological polar surface area (TPSA) is 59.4 Å². The lowest BCUT2D eigenvalue weighted by molar-refractivity contribution is -0.137. The minimum Gasteiger partial charge on any atom is -0.488 e. The van der Waals surface area contributed by atoms with Crippen molar-refractivity contribution in [2.45, 2.75) is 38.5 Å². The zero-order chi connectivity index (χ0) is 25.2. The number of alkyl halides is 3. The minimum atomic E-state index is -4.57. The normalized spacial score (nSPS) is 14.2. The Bertz CT molecular complexity index is 1300. The predicted molar refractivity (Wildman–Crippen MR) is 124 cm³/mol. The molecule has 0 spiro atoms. The molecule has 0 atom stereocenters. The summed E-state index contributed by atoms with van der Waals surface area (Å²) in [4.78, 5) is 15.6. The summed E-state index contributed by atoms with van der Waals surface area (Å²) in [5.41, 5.74) is 1.48. The van der Waals surface area contributed by atoms with E-state index in [0.717, 1.165) is 31.0 Å². The van der Waals surface area contributed by atoms with Crippen LogP contribution in [0.1, 0.15) is 58.6 Å². The minimum absolute atomic E-state index is 0.0765. The number of aromatic carboxylic acids is 1. The molecule has 1 aromatic heterocycles. The van der Waals surface area contributed by atoms with Crippen LogP contribution in [0.2, 0.25) is 5.02 Å². The average molecular weight is 506 g/mol. The Balaban J connectivity index is 1.81. The van der Waals surface area contributed by atoms with Crippen molar-refractivity contribution in [3.05, 3.63) is 93.5 Å². The zero-order valence-corrected chi connectivity index (χ0v) is 19.1. The molecular formula is C26H20ClF4NO3. The number of ether oxygens (including phenoxy) is 1. The lowest BCUT2D eigenvalue weighted by Gasteiger charge is -2.24. The van der Waals surface area contributed by atoms with Crippen LogP contribution in [0.4, 0.5) is 17.6 Å². The number of hydrogen-bond donors (Lipinski definition) is 1. The van der Waals surface area contributed by atoms with Crippen LogP contribution >= 0.6 is 11.6 Å². The quantitative estimate of drug-likeness (QED) is 0.349. The Morgan fingerprint density at radius 2 is 1.77 bits per heavy atom. The number of benzene rings is 2. The van der Waals surface area contributed by atoms with Crippen LogP contribution < -0.4 is 4.74 Å². The van der Waals surface area contributed by atoms with Gasteiger partial charge in [0, 0.05) is 11.1 Å². The van der Waals surface area contributed by atoms with E-state index in [1.807, 2.05) is 0 Å². The first-order valence-corrected chi connectivity index (χ1v) is 11.2. The summed E-state index contributed by atoms with van der Waals surface area (Å²) in [6, 6.07) is 11.6. The SMILES string of the molecule is O=C(O)c1cccc(C2=C(c3cc(C(F)(F)F)ccc3OCc3ccc(F)cc3Cl)CCCC2)n1. The molecule has 0 amide bonds.